The smallest absolute Gasteiger partial charge is 0.416 e. The molecule has 1 N–H and O–H groups in total. The molecule has 230 valence electrons. The van der Waals surface area contributed by atoms with Crippen LogP contribution >= 0.6 is 0 Å². The Balaban J connectivity index is 1.50. The number of benzene rings is 2. The fourth-order valence-corrected chi connectivity index (χ4v) is 4.98. The fourth-order valence-electron chi connectivity index (χ4n) is 4.98. The van der Waals surface area contributed by atoms with E-state index >= 15 is 0 Å². The van der Waals surface area contributed by atoms with Gasteiger partial charge in [-0.05, 0) is 45.0 Å². The van der Waals surface area contributed by atoms with Gasteiger partial charge < -0.3 is 19.5 Å². The third kappa shape index (κ3) is 7.69. The van der Waals surface area contributed by atoms with Gasteiger partial charge in [-0.3, -0.25) is 4.79 Å². The van der Waals surface area contributed by atoms with Gasteiger partial charge in [0.15, 0.2) is 11.6 Å². The van der Waals surface area contributed by atoms with Crippen molar-refractivity contribution in [1.29, 1.82) is 0 Å². The van der Waals surface area contributed by atoms with E-state index in [2.05, 4.69) is 20.4 Å². The van der Waals surface area contributed by atoms with Gasteiger partial charge in [-0.25, -0.2) is 9.67 Å². The zero-order valence-electron chi connectivity index (χ0n) is 24.4. The first-order chi connectivity index (χ1) is 21.0. The minimum atomic E-state index is -4.53. The van der Waals surface area contributed by atoms with Gasteiger partial charge >= 0.3 is 12.1 Å². The lowest BCUT2D eigenvalue weighted by Crippen LogP contribution is -2.44. The number of anilines is 2. The van der Waals surface area contributed by atoms with Crippen LogP contribution in [0.3, 0.4) is 0 Å². The average Bonchev–Trinajstić information content (AvgIpc) is 3.40. The predicted molar refractivity (Wildman–Crippen MR) is 158 cm³/mol. The highest BCUT2D eigenvalue weighted by Gasteiger charge is 2.36. The molecule has 12 heteroatoms. The minimum Gasteiger partial charge on any atom is -0.466 e. The number of para-hydroxylation sites is 1. The van der Waals surface area contributed by atoms with E-state index < -0.39 is 29.7 Å². The summed E-state index contributed by atoms with van der Waals surface area (Å²) in [6, 6.07) is 16.0. The van der Waals surface area contributed by atoms with Crippen LogP contribution in [0.25, 0.3) is 23.2 Å². The van der Waals surface area contributed by atoms with Crippen molar-refractivity contribution >= 4 is 23.7 Å². The van der Waals surface area contributed by atoms with Gasteiger partial charge in [-0.15, -0.1) is 0 Å². The number of ether oxygens (including phenoxy) is 3. The number of nitrogens with one attached hydrogen (secondary N) is 1. The molecule has 2 aromatic heterocycles. The second-order valence-corrected chi connectivity index (χ2v) is 10.6. The molecule has 2 aromatic carbocycles. The Morgan fingerprint density at radius 1 is 1.14 bits per heavy atom. The zero-order chi connectivity index (χ0) is 31.3. The molecule has 1 fully saturated rings. The number of nitrogens with zero attached hydrogens (tertiary/aromatic N) is 4. The Morgan fingerprint density at radius 2 is 1.93 bits per heavy atom. The van der Waals surface area contributed by atoms with E-state index in [1.807, 2.05) is 30.3 Å². The van der Waals surface area contributed by atoms with Crippen molar-refractivity contribution in [3.8, 4) is 17.1 Å². The Morgan fingerprint density at radius 3 is 2.68 bits per heavy atom. The van der Waals surface area contributed by atoms with Crippen LogP contribution in [0.15, 0.2) is 79.1 Å². The van der Waals surface area contributed by atoms with E-state index in [0.29, 0.717) is 35.0 Å². The van der Waals surface area contributed by atoms with E-state index in [9.17, 15) is 18.0 Å². The standard InChI is InChI=1S/C32H32F3N5O4/c1-4-42-28(41)19-26-18-25(43-31(2,3)44-26)14-13-22-20-37-40(29(22)21-9-8-10-23(17-21)32(33,34)35)27-15-16-36-30(39-27)38-24-11-6-5-7-12-24/h5-17,20,25-26H,4,18-19H2,1-3H3,(H,36,38,39)/b14-13+. The Labute approximate surface area is 252 Å². The summed E-state index contributed by atoms with van der Waals surface area (Å²) in [5.74, 6) is -0.691. The molecule has 44 heavy (non-hydrogen) atoms. The largest absolute Gasteiger partial charge is 0.466 e. The van der Waals surface area contributed by atoms with Crippen molar-refractivity contribution in [2.24, 2.45) is 0 Å². The second-order valence-electron chi connectivity index (χ2n) is 10.6. The monoisotopic (exact) mass is 607 g/mol. The van der Waals surface area contributed by atoms with E-state index in [0.717, 1.165) is 17.8 Å². The molecule has 9 nitrogen and oxygen atoms in total. The molecule has 1 aliphatic heterocycles. The molecule has 4 aromatic rings. The predicted octanol–water partition coefficient (Wildman–Crippen LogP) is 6.97. The van der Waals surface area contributed by atoms with Crippen LogP contribution in [-0.4, -0.2) is 50.3 Å². The Kier molecular flexibility index (Phi) is 9.12. The number of hydrogen-bond donors (Lipinski definition) is 1. The number of esters is 1. The molecule has 3 heterocycles. The van der Waals surface area contributed by atoms with Crippen LogP contribution in [0.2, 0.25) is 0 Å². The van der Waals surface area contributed by atoms with Gasteiger partial charge in [-0.1, -0.05) is 42.5 Å². The van der Waals surface area contributed by atoms with Crippen LogP contribution in [0.1, 0.15) is 44.7 Å². The van der Waals surface area contributed by atoms with Crippen molar-refractivity contribution in [1.82, 2.24) is 19.7 Å². The molecule has 2 unspecified atom stereocenters. The Hall–Kier alpha value is -4.55. The molecule has 0 spiro atoms. The molecule has 0 saturated carbocycles. The highest BCUT2D eigenvalue weighted by atomic mass is 19.4. The van der Waals surface area contributed by atoms with Gasteiger partial charge in [0, 0.05) is 35.5 Å². The molecule has 0 bridgehead atoms. The lowest BCUT2D eigenvalue weighted by atomic mass is 10.0. The number of alkyl halides is 3. The van der Waals surface area contributed by atoms with Gasteiger partial charge in [0.25, 0.3) is 0 Å². The molecular formula is C32H32F3N5O4. The van der Waals surface area contributed by atoms with E-state index in [1.54, 1.807) is 57.4 Å². The van der Waals surface area contributed by atoms with Crippen LogP contribution in [0.4, 0.5) is 24.8 Å². The highest BCUT2D eigenvalue weighted by Crippen LogP contribution is 2.35. The molecule has 0 amide bonds. The number of halogens is 3. The first kappa shape index (κ1) is 30.9. The fraction of sp³-hybridized carbons (Fsp3) is 0.312. The average molecular weight is 608 g/mol. The summed E-state index contributed by atoms with van der Waals surface area (Å²) in [7, 11) is 0. The summed E-state index contributed by atoms with van der Waals surface area (Å²) >= 11 is 0. The lowest BCUT2D eigenvalue weighted by Gasteiger charge is -2.39. The summed E-state index contributed by atoms with van der Waals surface area (Å²) in [5.41, 5.74) is 1.21. The van der Waals surface area contributed by atoms with E-state index in [4.69, 9.17) is 14.2 Å². The summed E-state index contributed by atoms with van der Waals surface area (Å²) < 4.78 is 59.7. The quantitative estimate of drug-likeness (QED) is 0.204. The number of carbonyl (C=O) groups excluding carboxylic acids is 1. The SMILES string of the molecule is CCOC(=O)CC1CC(/C=C/c2cnn(-c3ccnc(Nc4ccccc4)n3)c2-c2cccc(C(F)(F)F)c2)OC(C)(C)O1. The molecule has 0 radical (unpaired) electrons. The molecule has 1 aliphatic rings. The molecule has 5 rings (SSSR count). The van der Waals surface area contributed by atoms with Crippen LogP contribution in [0, 0.1) is 0 Å². The molecular weight excluding hydrogens is 575 g/mol. The number of aromatic nitrogens is 4. The van der Waals surface area contributed by atoms with E-state index in [1.165, 1.54) is 10.7 Å². The molecule has 0 aliphatic carbocycles. The maximum Gasteiger partial charge on any atom is 0.416 e. The highest BCUT2D eigenvalue weighted by molar-refractivity contribution is 5.74. The van der Waals surface area contributed by atoms with Crippen molar-refractivity contribution in [3.63, 3.8) is 0 Å². The topological polar surface area (TPSA) is 100 Å². The third-order valence-electron chi connectivity index (χ3n) is 6.72. The normalized spacial score (nSPS) is 18.3. The summed E-state index contributed by atoms with van der Waals surface area (Å²) in [5, 5.41) is 7.63. The lowest BCUT2D eigenvalue weighted by molar-refractivity contribution is -0.290. The second kappa shape index (κ2) is 13.0. The van der Waals surface area contributed by atoms with Crippen molar-refractivity contribution < 1.29 is 32.2 Å². The molecule has 1 saturated heterocycles. The zero-order valence-corrected chi connectivity index (χ0v) is 24.4. The summed E-state index contributed by atoms with van der Waals surface area (Å²) in [6.07, 6.45) is 1.68. The first-order valence-corrected chi connectivity index (χ1v) is 14.1. The Bertz CT molecular complexity index is 1620. The maximum absolute atomic E-state index is 13.7. The van der Waals surface area contributed by atoms with Crippen molar-refractivity contribution in [2.75, 3.05) is 11.9 Å². The summed E-state index contributed by atoms with van der Waals surface area (Å²) in [4.78, 5) is 21.0. The summed E-state index contributed by atoms with van der Waals surface area (Å²) in [6.45, 7) is 5.52. The number of carbonyl (C=O) groups is 1. The van der Waals surface area contributed by atoms with Crippen LogP contribution in [-0.2, 0) is 25.2 Å². The van der Waals surface area contributed by atoms with Crippen LogP contribution in [0.5, 0.6) is 0 Å². The van der Waals surface area contributed by atoms with Gasteiger partial charge in [-0.2, -0.15) is 23.3 Å². The van der Waals surface area contributed by atoms with Gasteiger partial charge in [0.1, 0.15) is 0 Å². The van der Waals surface area contributed by atoms with Crippen LogP contribution < -0.4 is 5.32 Å². The number of rotatable bonds is 9. The number of hydrogen-bond acceptors (Lipinski definition) is 8. The third-order valence-corrected chi connectivity index (χ3v) is 6.72. The first-order valence-electron chi connectivity index (χ1n) is 14.1. The van der Waals surface area contributed by atoms with Gasteiger partial charge in [0.2, 0.25) is 5.95 Å². The van der Waals surface area contributed by atoms with Crippen molar-refractivity contribution in [2.45, 2.75) is 57.8 Å². The maximum atomic E-state index is 13.7. The van der Waals surface area contributed by atoms with Crippen molar-refractivity contribution in [3.05, 3.63) is 90.3 Å². The minimum absolute atomic E-state index is 0.0749. The van der Waals surface area contributed by atoms with Gasteiger partial charge in [0.05, 0.1) is 42.7 Å². The van der Waals surface area contributed by atoms with E-state index in [-0.39, 0.29) is 19.0 Å². The molecule has 2 atom stereocenters.